The average Bonchev–Trinajstić information content (AvgIpc) is 3.30. The van der Waals surface area contributed by atoms with E-state index >= 15 is 0 Å². The molecule has 0 bridgehead atoms. The number of nitrogens with zero attached hydrogens (tertiary/aromatic N) is 2. The monoisotopic (exact) mass is 324 g/mol. The number of H-pyrrole nitrogens is 1. The Bertz CT molecular complexity index is 800. The van der Waals surface area contributed by atoms with Crippen molar-refractivity contribution in [2.24, 2.45) is 0 Å². The van der Waals surface area contributed by atoms with E-state index in [4.69, 9.17) is 4.52 Å². The highest BCUT2D eigenvalue weighted by Gasteiger charge is 2.22. The Morgan fingerprint density at radius 2 is 2.12 bits per heavy atom. The van der Waals surface area contributed by atoms with Crippen LogP contribution in [0.5, 0.6) is 0 Å². The Morgan fingerprint density at radius 1 is 1.25 bits per heavy atom. The van der Waals surface area contributed by atoms with Crippen LogP contribution < -0.4 is 5.32 Å². The smallest absolute Gasteiger partial charge is 0.243 e. The van der Waals surface area contributed by atoms with E-state index in [1.165, 1.54) is 48.6 Å². The number of hydrogen-bond donors (Lipinski definition) is 2. The van der Waals surface area contributed by atoms with Gasteiger partial charge in [0.1, 0.15) is 0 Å². The van der Waals surface area contributed by atoms with Crippen molar-refractivity contribution < 1.29 is 4.52 Å². The van der Waals surface area contributed by atoms with Crippen molar-refractivity contribution in [1.29, 1.82) is 0 Å². The summed E-state index contributed by atoms with van der Waals surface area (Å²) in [5, 5.41) is 8.98. The summed E-state index contributed by atoms with van der Waals surface area (Å²) in [5.41, 5.74) is 2.44. The van der Waals surface area contributed by atoms with Crippen molar-refractivity contribution in [2.45, 2.75) is 57.5 Å². The summed E-state index contributed by atoms with van der Waals surface area (Å²) in [7, 11) is 0. The number of hydrogen-bond acceptors (Lipinski definition) is 4. The van der Waals surface area contributed by atoms with Gasteiger partial charge in [-0.25, -0.2) is 0 Å². The van der Waals surface area contributed by atoms with E-state index < -0.39 is 0 Å². The number of aromatic nitrogens is 3. The minimum atomic E-state index is 0.0454. The molecule has 5 nitrogen and oxygen atoms in total. The molecule has 0 radical (unpaired) electrons. The SMILES string of the molecule is CC(NCc1cccc2[nH]ccc12)c1nc(C2CCCCC2)no1. The van der Waals surface area contributed by atoms with Gasteiger partial charge >= 0.3 is 0 Å². The van der Waals surface area contributed by atoms with Gasteiger partial charge in [-0.15, -0.1) is 0 Å². The molecule has 2 aromatic heterocycles. The maximum Gasteiger partial charge on any atom is 0.243 e. The first-order chi connectivity index (χ1) is 11.8. The maximum absolute atomic E-state index is 5.51. The lowest BCUT2D eigenvalue weighted by molar-refractivity contribution is 0.329. The minimum Gasteiger partial charge on any atom is -0.361 e. The molecule has 1 aliphatic rings. The van der Waals surface area contributed by atoms with Crippen molar-refractivity contribution in [3.05, 3.63) is 47.7 Å². The van der Waals surface area contributed by atoms with Gasteiger partial charge in [0.05, 0.1) is 6.04 Å². The summed E-state index contributed by atoms with van der Waals surface area (Å²) in [6, 6.07) is 8.48. The molecule has 1 aromatic carbocycles. The Labute approximate surface area is 141 Å². The molecule has 0 spiro atoms. The summed E-state index contributed by atoms with van der Waals surface area (Å²) in [5.74, 6) is 2.07. The highest BCUT2D eigenvalue weighted by Crippen LogP contribution is 2.31. The zero-order chi connectivity index (χ0) is 16.4. The predicted molar refractivity (Wildman–Crippen MR) is 93.7 cm³/mol. The molecule has 5 heteroatoms. The molecule has 1 fully saturated rings. The van der Waals surface area contributed by atoms with Crippen molar-refractivity contribution in [2.75, 3.05) is 0 Å². The van der Waals surface area contributed by atoms with Gasteiger partial charge in [0, 0.05) is 29.6 Å². The molecular weight excluding hydrogens is 300 g/mol. The van der Waals surface area contributed by atoms with E-state index in [-0.39, 0.29) is 6.04 Å². The molecule has 1 aliphatic carbocycles. The van der Waals surface area contributed by atoms with Crippen LogP contribution in [0, 0.1) is 0 Å². The number of benzene rings is 1. The Kier molecular flexibility index (Phi) is 4.34. The summed E-state index contributed by atoms with van der Waals surface area (Å²) in [6.07, 6.45) is 8.26. The molecule has 1 saturated carbocycles. The van der Waals surface area contributed by atoms with E-state index in [1.807, 2.05) is 6.20 Å². The van der Waals surface area contributed by atoms with Crippen LogP contribution >= 0.6 is 0 Å². The van der Waals surface area contributed by atoms with E-state index in [0.29, 0.717) is 11.8 Å². The van der Waals surface area contributed by atoms with Gasteiger partial charge in [0.25, 0.3) is 0 Å². The molecule has 0 saturated heterocycles. The molecule has 2 N–H and O–H groups in total. The zero-order valence-corrected chi connectivity index (χ0v) is 14.1. The Hall–Kier alpha value is -2.14. The molecule has 3 aromatic rings. The summed E-state index contributed by atoms with van der Waals surface area (Å²) in [4.78, 5) is 7.90. The highest BCUT2D eigenvalue weighted by atomic mass is 16.5. The normalized spacial score (nSPS) is 17.4. The predicted octanol–water partition coefficient (Wildman–Crippen LogP) is 4.45. The van der Waals surface area contributed by atoms with Gasteiger partial charge in [-0.1, -0.05) is 36.6 Å². The largest absolute Gasteiger partial charge is 0.361 e. The summed E-state index contributed by atoms with van der Waals surface area (Å²) >= 11 is 0. The lowest BCUT2D eigenvalue weighted by atomic mass is 9.89. The van der Waals surface area contributed by atoms with Gasteiger partial charge in [0.15, 0.2) is 5.82 Å². The minimum absolute atomic E-state index is 0.0454. The topological polar surface area (TPSA) is 66.7 Å². The van der Waals surface area contributed by atoms with E-state index in [1.54, 1.807) is 0 Å². The van der Waals surface area contributed by atoms with Crippen LogP contribution in [0.2, 0.25) is 0 Å². The highest BCUT2D eigenvalue weighted by molar-refractivity contribution is 5.82. The van der Waals surface area contributed by atoms with Gasteiger partial charge in [0.2, 0.25) is 5.89 Å². The van der Waals surface area contributed by atoms with Crippen molar-refractivity contribution >= 4 is 10.9 Å². The van der Waals surface area contributed by atoms with Crippen LogP contribution in [-0.2, 0) is 6.54 Å². The van der Waals surface area contributed by atoms with Crippen LogP contribution in [0.15, 0.2) is 35.0 Å². The summed E-state index contributed by atoms with van der Waals surface area (Å²) in [6.45, 7) is 2.85. The van der Waals surface area contributed by atoms with Crippen LogP contribution in [-0.4, -0.2) is 15.1 Å². The van der Waals surface area contributed by atoms with Gasteiger partial charge < -0.3 is 14.8 Å². The third kappa shape index (κ3) is 3.08. The lowest BCUT2D eigenvalue weighted by Gasteiger charge is -2.17. The third-order valence-corrected chi connectivity index (χ3v) is 5.08. The van der Waals surface area contributed by atoms with Gasteiger partial charge in [-0.2, -0.15) is 4.98 Å². The van der Waals surface area contributed by atoms with E-state index in [2.05, 4.69) is 51.6 Å². The molecule has 1 unspecified atom stereocenters. The fourth-order valence-electron chi connectivity index (χ4n) is 3.60. The van der Waals surface area contributed by atoms with Crippen molar-refractivity contribution in [1.82, 2.24) is 20.4 Å². The molecule has 2 heterocycles. The maximum atomic E-state index is 5.51. The fourth-order valence-corrected chi connectivity index (χ4v) is 3.60. The van der Waals surface area contributed by atoms with Crippen LogP contribution in [0.25, 0.3) is 10.9 Å². The zero-order valence-electron chi connectivity index (χ0n) is 14.1. The molecule has 0 aliphatic heterocycles. The molecule has 4 rings (SSSR count). The first-order valence-electron chi connectivity index (χ1n) is 8.93. The number of aromatic amines is 1. The number of rotatable bonds is 5. The van der Waals surface area contributed by atoms with E-state index in [0.717, 1.165) is 12.4 Å². The molecule has 1 atom stereocenters. The standard InChI is InChI=1S/C19H24N4O/c1-13(19-22-18(23-24-19)14-6-3-2-4-7-14)21-12-15-8-5-9-17-16(15)10-11-20-17/h5,8-11,13-14,20-21H,2-4,6-7,12H2,1H3. The van der Waals surface area contributed by atoms with Crippen LogP contribution in [0.4, 0.5) is 0 Å². The molecule has 0 amide bonds. The Balaban J connectivity index is 1.42. The second-order valence-corrected chi connectivity index (χ2v) is 6.78. The fraction of sp³-hybridized carbons (Fsp3) is 0.474. The first-order valence-corrected chi connectivity index (χ1v) is 8.93. The lowest BCUT2D eigenvalue weighted by Crippen LogP contribution is -2.18. The van der Waals surface area contributed by atoms with Crippen LogP contribution in [0.1, 0.15) is 68.3 Å². The third-order valence-electron chi connectivity index (χ3n) is 5.08. The van der Waals surface area contributed by atoms with Gasteiger partial charge in [-0.05, 0) is 37.5 Å². The average molecular weight is 324 g/mol. The molecule has 24 heavy (non-hydrogen) atoms. The first kappa shape index (κ1) is 15.4. The van der Waals surface area contributed by atoms with Gasteiger partial charge in [-0.3, -0.25) is 0 Å². The number of nitrogens with one attached hydrogen (secondary N) is 2. The second kappa shape index (κ2) is 6.77. The second-order valence-electron chi connectivity index (χ2n) is 6.78. The summed E-state index contributed by atoms with van der Waals surface area (Å²) < 4.78 is 5.51. The van der Waals surface area contributed by atoms with Crippen molar-refractivity contribution in [3.8, 4) is 0 Å². The van der Waals surface area contributed by atoms with E-state index in [9.17, 15) is 0 Å². The number of fused-ring (bicyclic) bond motifs is 1. The molecule has 126 valence electrons. The Morgan fingerprint density at radius 3 is 3.00 bits per heavy atom. The van der Waals surface area contributed by atoms with Crippen molar-refractivity contribution in [3.63, 3.8) is 0 Å². The molecular formula is C19H24N4O. The quantitative estimate of drug-likeness (QED) is 0.727. The van der Waals surface area contributed by atoms with Crippen LogP contribution in [0.3, 0.4) is 0 Å².